The molecule has 108 valence electrons. The zero-order valence-electron chi connectivity index (χ0n) is 11.9. The number of nitrogens with zero attached hydrogens (tertiary/aromatic N) is 1. The summed E-state index contributed by atoms with van der Waals surface area (Å²) in [6.45, 7) is 7.92. The Morgan fingerprint density at radius 1 is 1.32 bits per heavy atom. The zero-order chi connectivity index (χ0) is 13.5. The van der Waals surface area contributed by atoms with E-state index < -0.39 is 0 Å². The molecule has 0 bridgehead atoms. The highest BCUT2D eigenvalue weighted by Crippen LogP contribution is 2.13. The number of rotatable bonds is 7. The monoisotopic (exact) mass is 284 g/mol. The summed E-state index contributed by atoms with van der Waals surface area (Å²) in [7, 11) is 0. The number of furan rings is 1. The summed E-state index contributed by atoms with van der Waals surface area (Å²) in [5.41, 5.74) is 0. The van der Waals surface area contributed by atoms with Gasteiger partial charge >= 0.3 is 0 Å². The molecule has 1 fully saturated rings. The van der Waals surface area contributed by atoms with E-state index in [2.05, 4.69) is 35.5 Å². The Hall–Kier alpha value is -0.490. The van der Waals surface area contributed by atoms with Gasteiger partial charge in [-0.3, -0.25) is 4.90 Å². The summed E-state index contributed by atoms with van der Waals surface area (Å²) < 4.78 is 11.1. The van der Waals surface area contributed by atoms with Crippen molar-refractivity contribution in [3.05, 3.63) is 23.7 Å². The van der Waals surface area contributed by atoms with Gasteiger partial charge in [0.1, 0.15) is 11.5 Å². The molecule has 1 N–H and O–H groups in total. The smallest absolute Gasteiger partial charge is 0.118 e. The summed E-state index contributed by atoms with van der Waals surface area (Å²) in [5, 5.41) is 3.52. The zero-order valence-corrected chi connectivity index (χ0v) is 12.7. The highest BCUT2D eigenvalue weighted by molar-refractivity contribution is 7.97. The van der Waals surface area contributed by atoms with Gasteiger partial charge in [-0.15, -0.1) is 0 Å². The molecule has 2 heterocycles. The van der Waals surface area contributed by atoms with Crippen molar-refractivity contribution in [1.82, 2.24) is 10.2 Å². The number of ether oxygens (including phenoxy) is 1. The van der Waals surface area contributed by atoms with Crippen molar-refractivity contribution >= 4 is 11.8 Å². The van der Waals surface area contributed by atoms with E-state index in [9.17, 15) is 0 Å². The Bertz CT molecular complexity index is 364. The van der Waals surface area contributed by atoms with Gasteiger partial charge in [0.15, 0.2) is 0 Å². The summed E-state index contributed by atoms with van der Waals surface area (Å²) in [6, 6.07) is 4.60. The molecular formula is C14H24N2O2S. The third-order valence-corrected chi connectivity index (χ3v) is 3.84. The number of thioether (sulfide) groups is 1. The maximum atomic E-state index is 5.75. The van der Waals surface area contributed by atoms with E-state index in [4.69, 9.17) is 9.15 Å². The Balaban J connectivity index is 1.68. The van der Waals surface area contributed by atoms with Gasteiger partial charge in [-0.1, -0.05) is 0 Å². The normalized spacial score (nSPS) is 18.6. The van der Waals surface area contributed by atoms with E-state index in [1.165, 1.54) is 0 Å². The Morgan fingerprint density at radius 3 is 2.79 bits per heavy atom. The average molecular weight is 284 g/mol. The van der Waals surface area contributed by atoms with Gasteiger partial charge < -0.3 is 14.5 Å². The molecule has 0 aromatic carbocycles. The fourth-order valence-electron chi connectivity index (χ4n) is 2.25. The lowest BCUT2D eigenvalue weighted by Gasteiger charge is -2.29. The van der Waals surface area contributed by atoms with Crippen LogP contribution >= 0.6 is 11.8 Å². The Morgan fingerprint density at radius 2 is 2.05 bits per heavy atom. The molecule has 0 aliphatic carbocycles. The van der Waals surface area contributed by atoms with Crippen LogP contribution in [0.4, 0.5) is 0 Å². The molecule has 1 aliphatic heterocycles. The van der Waals surface area contributed by atoms with E-state index in [0.717, 1.165) is 56.7 Å². The fourth-order valence-corrected chi connectivity index (χ4v) is 2.69. The van der Waals surface area contributed by atoms with Crippen LogP contribution in [0, 0.1) is 0 Å². The van der Waals surface area contributed by atoms with Crippen molar-refractivity contribution in [2.45, 2.75) is 25.3 Å². The topological polar surface area (TPSA) is 37.6 Å². The Kier molecular flexibility index (Phi) is 6.23. The van der Waals surface area contributed by atoms with Crippen LogP contribution in [0.5, 0.6) is 0 Å². The van der Waals surface area contributed by atoms with Crippen LogP contribution < -0.4 is 5.32 Å². The molecule has 1 aliphatic rings. The first-order valence-electron chi connectivity index (χ1n) is 6.88. The number of hydrogen-bond acceptors (Lipinski definition) is 5. The number of morpholine rings is 1. The van der Waals surface area contributed by atoms with Gasteiger partial charge in [-0.05, 0) is 25.3 Å². The van der Waals surface area contributed by atoms with Crippen molar-refractivity contribution in [2.75, 3.05) is 39.1 Å². The fraction of sp³-hybridized carbons (Fsp3) is 0.714. The summed E-state index contributed by atoms with van der Waals surface area (Å²) >= 11 is 1.78. The minimum absolute atomic E-state index is 0.465. The van der Waals surface area contributed by atoms with E-state index in [1.54, 1.807) is 11.8 Å². The third-order valence-electron chi connectivity index (χ3n) is 3.26. The molecular weight excluding hydrogens is 260 g/mol. The van der Waals surface area contributed by atoms with Gasteiger partial charge in [0.05, 0.1) is 25.5 Å². The van der Waals surface area contributed by atoms with E-state index in [-0.39, 0.29) is 0 Å². The summed E-state index contributed by atoms with van der Waals surface area (Å²) in [5.74, 6) is 3.03. The molecule has 1 saturated heterocycles. The second kappa shape index (κ2) is 7.94. The number of nitrogens with one attached hydrogen (secondary N) is 1. The highest BCUT2D eigenvalue weighted by Gasteiger charge is 2.13. The van der Waals surface area contributed by atoms with Crippen LogP contribution in [0.25, 0.3) is 0 Å². The minimum atomic E-state index is 0.465. The first kappa shape index (κ1) is 14.9. The molecule has 1 aromatic rings. The molecule has 0 saturated carbocycles. The lowest BCUT2D eigenvalue weighted by atomic mass is 10.2. The van der Waals surface area contributed by atoms with Gasteiger partial charge in [0.25, 0.3) is 0 Å². The van der Waals surface area contributed by atoms with Crippen LogP contribution in [-0.4, -0.2) is 50.0 Å². The van der Waals surface area contributed by atoms with Gasteiger partial charge in [-0.2, -0.15) is 11.8 Å². The molecule has 0 amide bonds. The maximum absolute atomic E-state index is 5.75. The van der Waals surface area contributed by atoms with E-state index in [1.807, 2.05) is 0 Å². The molecule has 0 radical (unpaired) electrons. The van der Waals surface area contributed by atoms with Gasteiger partial charge in [-0.25, -0.2) is 0 Å². The predicted molar refractivity (Wildman–Crippen MR) is 79.5 cm³/mol. The van der Waals surface area contributed by atoms with Crippen molar-refractivity contribution in [2.24, 2.45) is 0 Å². The van der Waals surface area contributed by atoms with Gasteiger partial charge in [0.2, 0.25) is 0 Å². The highest BCUT2D eigenvalue weighted by atomic mass is 32.2. The first-order chi connectivity index (χ1) is 9.28. The average Bonchev–Trinajstić information content (AvgIpc) is 2.86. The van der Waals surface area contributed by atoms with Gasteiger partial charge in [0, 0.05) is 25.7 Å². The standard InChI is InChI=1S/C14H24N2O2S/c1-12(10-16-5-7-17-8-6-16)15-9-13-3-4-14(18-13)11-19-2/h3-4,12,15H,5-11H2,1-2H3. The summed E-state index contributed by atoms with van der Waals surface area (Å²) in [6.07, 6.45) is 2.09. The molecule has 4 nitrogen and oxygen atoms in total. The maximum Gasteiger partial charge on any atom is 0.118 e. The SMILES string of the molecule is CSCc1ccc(CNC(C)CN2CCOCC2)o1. The van der Waals surface area contributed by atoms with E-state index in [0.29, 0.717) is 6.04 Å². The first-order valence-corrected chi connectivity index (χ1v) is 8.27. The van der Waals surface area contributed by atoms with Crippen molar-refractivity contribution in [1.29, 1.82) is 0 Å². The molecule has 2 rings (SSSR count). The number of hydrogen-bond donors (Lipinski definition) is 1. The molecule has 0 spiro atoms. The predicted octanol–water partition coefficient (Wildman–Crippen LogP) is 1.95. The van der Waals surface area contributed by atoms with Crippen LogP contribution in [0.15, 0.2) is 16.5 Å². The quantitative estimate of drug-likeness (QED) is 0.828. The minimum Gasteiger partial charge on any atom is -0.464 e. The molecule has 1 unspecified atom stereocenters. The van der Waals surface area contributed by atoms with Crippen LogP contribution in [0.2, 0.25) is 0 Å². The van der Waals surface area contributed by atoms with Crippen LogP contribution in [-0.2, 0) is 17.0 Å². The largest absolute Gasteiger partial charge is 0.464 e. The van der Waals surface area contributed by atoms with Crippen molar-refractivity contribution in [3.63, 3.8) is 0 Å². The van der Waals surface area contributed by atoms with Crippen LogP contribution in [0.1, 0.15) is 18.4 Å². The van der Waals surface area contributed by atoms with E-state index >= 15 is 0 Å². The molecule has 1 aromatic heterocycles. The molecule has 19 heavy (non-hydrogen) atoms. The molecule has 5 heteroatoms. The Labute approximate surface area is 119 Å². The summed E-state index contributed by atoms with van der Waals surface area (Å²) in [4.78, 5) is 2.45. The third kappa shape index (κ3) is 5.18. The van der Waals surface area contributed by atoms with Crippen LogP contribution in [0.3, 0.4) is 0 Å². The lowest BCUT2D eigenvalue weighted by molar-refractivity contribution is 0.0342. The molecule has 1 atom stereocenters. The van der Waals surface area contributed by atoms with Crippen molar-refractivity contribution in [3.8, 4) is 0 Å². The second-order valence-corrected chi connectivity index (χ2v) is 5.86. The second-order valence-electron chi connectivity index (χ2n) is 5.00. The van der Waals surface area contributed by atoms with Crippen molar-refractivity contribution < 1.29 is 9.15 Å². The lowest BCUT2D eigenvalue weighted by Crippen LogP contribution is -2.44.